The van der Waals surface area contributed by atoms with Crippen LogP contribution in [0.15, 0.2) is 34.3 Å². The SMILES string of the molecule is Cc1ccc(-c2cc(N=C=S)c(N=C=S)c([N+](=O)[O-])c2Cl)c([N+](=O)[O-])c1. The molecule has 0 saturated carbocycles. The zero-order valence-electron chi connectivity index (χ0n) is 12.9. The third-order valence-electron chi connectivity index (χ3n) is 3.34. The quantitative estimate of drug-likeness (QED) is 0.276. The Balaban J connectivity index is 3.00. The topological polar surface area (TPSA) is 111 Å². The molecule has 0 N–H and O–H groups in total. The Bertz CT molecular complexity index is 1040. The van der Waals surface area contributed by atoms with Crippen LogP contribution in [-0.4, -0.2) is 20.2 Å². The number of nitrogens with zero attached hydrogens (tertiary/aromatic N) is 4. The van der Waals surface area contributed by atoms with Crippen LogP contribution >= 0.6 is 36.0 Å². The van der Waals surface area contributed by atoms with Crippen molar-refractivity contribution in [3.05, 3.63) is 55.1 Å². The predicted octanol–water partition coefficient (Wildman–Crippen LogP) is 5.60. The molecule has 8 nitrogen and oxygen atoms in total. The molecule has 130 valence electrons. The molecule has 0 fully saturated rings. The Hall–Kier alpha value is -2.87. The lowest BCUT2D eigenvalue weighted by molar-refractivity contribution is -0.384. The van der Waals surface area contributed by atoms with Gasteiger partial charge in [-0.05, 0) is 49.1 Å². The number of isothiocyanates is 2. The maximum absolute atomic E-state index is 11.5. The summed E-state index contributed by atoms with van der Waals surface area (Å²) in [6, 6.07) is 5.71. The molecule has 0 radical (unpaired) electrons. The molecule has 2 rings (SSSR count). The fraction of sp³-hybridized carbons (Fsp3) is 0.0667. The Morgan fingerprint density at radius 1 is 1.04 bits per heavy atom. The molecular formula is C15H7ClN4O4S2. The van der Waals surface area contributed by atoms with Crippen molar-refractivity contribution in [3.63, 3.8) is 0 Å². The number of benzene rings is 2. The second-order valence-electron chi connectivity index (χ2n) is 4.90. The van der Waals surface area contributed by atoms with E-state index in [0.29, 0.717) is 5.56 Å². The summed E-state index contributed by atoms with van der Waals surface area (Å²) in [6.45, 7) is 1.68. The average molecular weight is 407 g/mol. The first-order chi connectivity index (χ1) is 12.3. The zero-order chi connectivity index (χ0) is 19.4. The van der Waals surface area contributed by atoms with E-state index in [1.54, 1.807) is 13.0 Å². The summed E-state index contributed by atoms with van der Waals surface area (Å²) in [5.74, 6) is 0. The summed E-state index contributed by atoms with van der Waals surface area (Å²) in [5.41, 5.74) is -0.413. The van der Waals surface area contributed by atoms with Crippen LogP contribution in [-0.2, 0) is 0 Å². The minimum Gasteiger partial charge on any atom is -0.258 e. The highest BCUT2D eigenvalue weighted by atomic mass is 35.5. The molecular weight excluding hydrogens is 400 g/mol. The van der Waals surface area contributed by atoms with E-state index >= 15 is 0 Å². The van der Waals surface area contributed by atoms with Crippen LogP contribution in [0, 0.1) is 27.2 Å². The fourth-order valence-electron chi connectivity index (χ4n) is 2.29. The summed E-state index contributed by atoms with van der Waals surface area (Å²) < 4.78 is 0. The smallest absolute Gasteiger partial charge is 0.258 e. The van der Waals surface area contributed by atoms with E-state index in [1.807, 2.05) is 5.16 Å². The van der Waals surface area contributed by atoms with Gasteiger partial charge in [0.05, 0.1) is 25.7 Å². The maximum atomic E-state index is 11.5. The molecule has 2 aromatic rings. The lowest BCUT2D eigenvalue weighted by atomic mass is 9.99. The maximum Gasteiger partial charge on any atom is 0.317 e. The predicted molar refractivity (Wildman–Crippen MR) is 104 cm³/mol. The van der Waals surface area contributed by atoms with Gasteiger partial charge in [-0.3, -0.25) is 20.2 Å². The van der Waals surface area contributed by atoms with E-state index in [4.69, 9.17) is 11.6 Å². The van der Waals surface area contributed by atoms with Crippen LogP contribution in [0.4, 0.5) is 22.7 Å². The molecule has 11 heteroatoms. The largest absolute Gasteiger partial charge is 0.317 e. The Labute approximate surface area is 162 Å². The second kappa shape index (κ2) is 8.01. The standard InChI is InChI=1S/C15H7ClN4O4S2/c1-8-2-3-9(12(4-8)19(21)22)10-5-11(17-6-25)14(18-7-26)15(13(10)16)20(23)24/h2-5H,1H3. The fourth-order valence-corrected chi connectivity index (χ4v) is 2.80. The van der Waals surface area contributed by atoms with Gasteiger partial charge in [0.1, 0.15) is 10.7 Å². The van der Waals surface area contributed by atoms with Gasteiger partial charge in [-0.2, -0.15) is 9.98 Å². The first-order valence-corrected chi connectivity index (χ1v) is 7.93. The van der Waals surface area contributed by atoms with Crippen molar-refractivity contribution in [1.82, 2.24) is 0 Å². The van der Waals surface area contributed by atoms with E-state index in [0.717, 1.165) is 0 Å². The minimum absolute atomic E-state index is 0.0392. The van der Waals surface area contributed by atoms with Crippen molar-refractivity contribution >= 4 is 69.1 Å². The molecule has 0 amide bonds. The Morgan fingerprint density at radius 3 is 2.23 bits per heavy atom. The van der Waals surface area contributed by atoms with Crippen LogP contribution in [0.1, 0.15) is 5.56 Å². The van der Waals surface area contributed by atoms with Gasteiger partial charge in [0.2, 0.25) is 0 Å². The molecule has 0 unspecified atom stereocenters. The normalized spacial score (nSPS) is 9.77. The summed E-state index contributed by atoms with van der Waals surface area (Å²) in [5, 5.41) is 26.7. The molecule has 0 heterocycles. The number of thiocarbonyl (C=S) groups is 2. The van der Waals surface area contributed by atoms with Crippen LogP contribution in [0.2, 0.25) is 5.02 Å². The summed E-state index contributed by atoms with van der Waals surface area (Å²) >= 11 is 15.2. The van der Waals surface area contributed by atoms with Crippen LogP contribution in [0.5, 0.6) is 0 Å². The molecule has 0 bridgehead atoms. The first-order valence-electron chi connectivity index (χ1n) is 6.73. The number of hydrogen-bond donors (Lipinski definition) is 0. The lowest BCUT2D eigenvalue weighted by Crippen LogP contribution is -1.96. The Kier molecular flexibility index (Phi) is 5.99. The number of halogens is 1. The number of nitro benzene ring substituents is 2. The van der Waals surface area contributed by atoms with Crippen molar-refractivity contribution in [2.45, 2.75) is 6.92 Å². The van der Waals surface area contributed by atoms with Crippen LogP contribution in [0.25, 0.3) is 11.1 Å². The highest BCUT2D eigenvalue weighted by molar-refractivity contribution is 7.78. The Morgan fingerprint density at radius 2 is 1.69 bits per heavy atom. The second-order valence-corrected chi connectivity index (χ2v) is 5.64. The van der Waals surface area contributed by atoms with Gasteiger partial charge in [0.25, 0.3) is 5.69 Å². The van der Waals surface area contributed by atoms with Gasteiger partial charge < -0.3 is 0 Å². The van der Waals surface area contributed by atoms with E-state index in [9.17, 15) is 20.2 Å². The van der Waals surface area contributed by atoms with Crippen molar-refractivity contribution < 1.29 is 9.85 Å². The molecule has 0 aromatic heterocycles. The van der Waals surface area contributed by atoms with Gasteiger partial charge in [-0.15, -0.1) is 0 Å². The van der Waals surface area contributed by atoms with E-state index in [2.05, 4.69) is 39.6 Å². The van der Waals surface area contributed by atoms with E-state index in [-0.39, 0.29) is 33.2 Å². The number of rotatable bonds is 5. The van der Waals surface area contributed by atoms with Crippen molar-refractivity contribution in [1.29, 1.82) is 0 Å². The summed E-state index contributed by atoms with van der Waals surface area (Å²) in [7, 11) is 0. The van der Waals surface area contributed by atoms with E-state index < -0.39 is 15.5 Å². The minimum atomic E-state index is -0.778. The van der Waals surface area contributed by atoms with Crippen LogP contribution < -0.4 is 0 Å². The summed E-state index contributed by atoms with van der Waals surface area (Å²) in [6.07, 6.45) is 0. The number of nitro groups is 2. The third kappa shape index (κ3) is 3.70. The molecule has 0 aliphatic heterocycles. The highest BCUT2D eigenvalue weighted by Crippen LogP contribution is 2.49. The van der Waals surface area contributed by atoms with Crippen molar-refractivity contribution in [2.75, 3.05) is 0 Å². The molecule has 0 saturated heterocycles. The molecule has 0 aliphatic rings. The molecule has 0 aliphatic carbocycles. The molecule has 26 heavy (non-hydrogen) atoms. The van der Waals surface area contributed by atoms with Crippen molar-refractivity contribution in [3.8, 4) is 11.1 Å². The summed E-state index contributed by atoms with van der Waals surface area (Å²) in [4.78, 5) is 28.9. The molecule has 0 spiro atoms. The monoisotopic (exact) mass is 406 g/mol. The molecule has 0 atom stereocenters. The molecule has 2 aromatic carbocycles. The van der Waals surface area contributed by atoms with Gasteiger partial charge in [-0.25, -0.2) is 0 Å². The average Bonchev–Trinajstić information content (AvgIpc) is 2.57. The van der Waals surface area contributed by atoms with E-state index in [1.165, 1.54) is 18.2 Å². The zero-order valence-corrected chi connectivity index (χ0v) is 15.3. The first kappa shape index (κ1) is 19.5. The highest BCUT2D eigenvalue weighted by Gasteiger charge is 2.29. The van der Waals surface area contributed by atoms with Crippen molar-refractivity contribution in [2.24, 2.45) is 9.98 Å². The number of aryl methyl sites for hydroxylation is 1. The van der Waals surface area contributed by atoms with Gasteiger partial charge in [0.15, 0.2) is 5.69 Å². The van der Waals surface area contributed by atoms with Crippen LogP contribution in [0.3, 0.4) is 0 Å². The number of aliphatic imine (C=N–C) groups is 2. The number of hydrogen-bond acceptors (Lipinski definition) is 8. The lowest BCUT2D eigenvalue weighted by Gasteiger charge is -2.10. The third-order valence-corrected chi connectivity index (χ3v) is 3.90. The van der Waals surface area contributed by atoms with Gasteiger partial charge in [-0.1, -0.05) is 17.7 Å². The van der Waals surface area contributed by atoms with Gasteiger partial charge in [0, 0.05) is 11.6 Å². The van der Waals surface area contributed by atoms with Gasteiger partial charge >= 0.3 is 5.69 Å².